The van der Waals surface area contributed by atoms with Gasteiger partial charge in [-0.25, -0.2) is 4.79 Å². The van der Waals surface area contributed by atoms with Gasteiger partial charge in [0.2, 0.25) is 12.2 Å². The maximum absolute atomic E-state index is 14.0. The Morgan fingerprint density at radius 3 is 2.37 bits per heavy atom. The molecule has 0 bridgehead atoms. The van der Waals surface area contributed by atoms with Crippen LogP contribution in [0.1, 0.15) is 29.2 Å². The van der Waals surface area contributed by atoms with Gasteiger partial charge in [-0.2, -0.15) is 0 Å². The number of ether oxygens (including phenoxy) is 6. The number of fused-ring (bicyclic) bond motifs is 1. The van der Waals surface area contributed by atoms with Crippen LogP contribution in [0.4, 0.5) is 0 Å². The Morgan fingerprint density at radius 2 is 1.71 bits per heavy atom. The predicted molar refractivity (Wildman–Crippen MR) is 178 cm³/mol. The molecule has 51 heavy (non-hydrogen) atoms. The number of esters is 1. The molecule has 1 amide bonds. The fourth-order valence-electron chi connectivity index (χ4n) is 6.73. The number of carbonyl (C=O) groups is 2. The second kappa shape index (κ2) is 16.1. The van der Waals surface area contributed by atoms with Crippen LogP contribution in [-0.4, -0.2) is 119 Å². The summed E-state index contributed by atoms with van der Waals surface area (Å²) in [5, 5.41) is 61.7. The molecule has 0 aromatic heterocycles. The topological polar surface area (TPSA) is 214 Å². The summed E-state index contributed by atoms with van der Waals surface area (Å²) in [7, 11) is 4.05. The molecule has 0 saturated carbocycles. The summed E-state index contributed by atoms with van der Waals surface area (Å²) in [5.41, 5.74) is 2.11. The normalized spacial score (nSPS) is 29.0. The minimum Gasteiger partial charge on any atom is -0.504 e. The first-order chi connectivity index (χ1) is 24.4. The van der Waals surface area contributed by atoms with E-state index in [2.05, 4.69) is 6.58 Å². The molecule has 0 unspecified atom stereocenters. The van der Waals surface area contributed by atoms with Gasteiger partial charge in [-0.15, -0.1) is 6.58 Å². The summed E-state index contributed by atoms with van der Waals surface area (Å²) < 4.78 is 32.9. The Balaban J connectivity index is 1.51. The molecule has 15 heteroatoms. The van der Waals surface area contributed by atoms with E-state index in [-0.39, 0.29) is 47.4 Å². The second-order valence-electron chi connectivity index (χ2n) is 12.3. The Kier molecular flexibility index (Phi) is 11.9. The van der Waals surface area contributed by atoms with Crippen molar-refractivity contribution in [3.05, 3.63) is 77.6 Å². The summed E-state index contributed by atoms with van der Waals surface area (Å²) in [4.78, 5) is 28.7. The zero-order valence-electron chi connectivity index (χ0n) is 28.3. The van der Waals surface area contributed by atoms with Crippen LogP contribution in [-0.2, 0) is 35.0 Å². The molecule has 15 nitrogen and oxygen atoms in total. The molecule has 0 aliphatic carbocycles. The van der Waals surface area contributed by atoms with Crippen molar-refractivity contribution < 1.29 is 68.6 Å². The molecule has 1 fully saturated rings. The number of amides is 1. The predicted octanol–water partition coefficient (Wildman–Crippen LogP) is 1.29. The van der Waals surface area contributed by atoms with Gasteiger partial charge < -0.3 is 64.0 Å². The summed E-state index contributed by atoms with van der Waals surface area (Å²) in [6, 6.07) is 7.14. The third-order valence-electron chi connectivity index (χ3n) is 9.50. The van der Waals surface area contributed by atoms with Crippen molar-refractivity contribution in [2.45, 2.75) is 55.9 Å². The molecule has 276 valence electrons. The van der Waals surface area contributed by atoms with Gasteiger partial charge in [0.05, 0.1) is 45.8 Å². The van der Waals surface area contributed by atoms with Crippen molar-refractivity contribution in [1.29, 1.82) is 0 Å². The Morgan fingerprint density at radius 1 is 0.980 bits per heavy atom. The minimum atomic E-state index is -1.72. The first-order valence-electron chi connectivity index (χ1n) is 16.2. The van der Waals surface area contributed by atoms with Crippen molar-refractivity contribution in [2.24, 2.45) is 11.8 Å². The van der Waals surface area contributed by atoms with E-state index in [9.17, 15) is 40.2 Å². The molecule has 5 rings (SSSR count). The van der Waals surface area contributed by atoms with E-state index >= 15 is 0 Å². The average Bonchev–Trinajstić information content (AvgIpc) is 3.14. The molecule has 3 heterocycles. The zero-order chi connectivity index (χ0) is 37.0. The third kappa shape index (κ3) is 7.68. The van der Waals surface area contributed by atoms with E-state index in [1.165, 1.54) is 45.6 Å². The monoisotopic (exact) mass is 713 g/mol. The lowest BCUT2D eigenvalue weighted by Gasteiger charge is -2.44. The summed E-state index contributed by atoms with van der Waals surface area (Å²) >= 11 is 0. The van der Waals surface area contributed by atoms with Gasteiger partial charge in [-0.1, -0.05) is 12.1 Å². The molecule has 2 aromatic carbocycles. The number of aliphatic hydroxyl groups is 4. The van der Waals surface area contributed by atoms with Crippen molar-refractivity contribution in [3.8, 4) is 23.0 Å². The van der Waals surface area contributed by atoms with Crippen molar-refractivity contribution in [1.82, 2.24) is 4.90 Å². The quantitative estimate of drug-likeness (QED) is 0.110. The first-order valence-corrected chi connectivity index (χ1v) is 16.2. The number of nitrogens with zero attached hydrogens (tertiary/aromatic N) is 1. The lowest BCUT2D eigenvalue weighted by molar-refractivity contribution is -0.339. The number of hydrogen-bond acceptors (Lipinski definition) is 14. The largest absolute Gasteiger partial charge is 0.504 e. The average molecular weight is 714 g/mol. The number of rotatable bonds is 11. The van der Waals surface area contributed by atoms with Gasteiger partial charge in [0.15, 0.2) is 29.3 Å². The van der Waals surface area contributed by atoms with Gasteiger partial charge >= 0.3 is 5.97 Å². The molecule has 6 N–H and O–H groups in total. The first kappa shape index (κ1) is 37.6. The van der Waals surface area contributed by atoms with Crippen LogP contribution in [0, 0.1) is 11.8 Å². The Bertz CT molecular complexity index is 1660. The number of carbonyl (C=O) groups excluding carboxylic acids is 2. The number of phenolic OH excluding ortho intramolecular Hbond substituents is 2. The standard InChI is InChI=1S/C36H43NO14/c1-5-20-22(23(34(45)48-4)17-49-35(20)51-36-33(44)32(43)31(42)29(16-38)50-36)14-24-21-15-26(40)28(47-3)13-19(21)10-11-37(24)30(41)9-7-18-6-8-25(39)27(12-18)46-2/h5-9,12-13,15,17,20,22,24,29,31-33,35-36,38-40,42-44H,1,10-11,14,16H2,2-4H3/b9-7+/t20-,22+,24-,29-,31-,32+,33-,35+,36+/m1/s1. The molecule has 1 saturated heterocycles. The van der Waals surface area contributed by atoms with Crippen LogP contribution in [0.2, 0.25) is 0 Å². The molecular formula is C36H43NO14. The van der Waals surface area contributed by atoms with Crippen molar-refractivity contribution >= 4 is 18.0 Å². The number of benzene rings is 2. The SMILES string of the molecule is C=C[C@H]1[C@H](O[C@@H]2O[C@H](CO)[C@@H](O)[C@H](O)[C@H]2O)OC=C(C(=O)OC)[C@H]1C[C@@H]1c2cc(O)c(OC)cc2CCN1C(=O)/C=C/c1ccc(O)c(OC)c1. The highest BCUT2D eigenvalue weighted by molar-refractivity contribution is 5.92. The highest BCUT2D eigenvalue weighted by atomic mass is 16.8. The maximum Gasteiger partial charge on any atom is 0.337 e. The number of methoxy groups -OCH3 is 3. The van der Waals surface area contributed by atoms with Crippen LogP contribution >= 0.6 is 0 Å². The Labute approximate surface area is 294 Å². The number of phenols is 2. The van der Waals surface area contributed by atoms with E-state index < -0.39 is 67.4 Å². The van der Waals surface area contributed by atoms with Gasteiger partial charge in [0, 0.05) is 24.5 Å². The smallest absolute Gasteiger partial charge is 0.337 e. The van der Waals surface area contributed by atoms with Gasteiger partial charge in [0.25, 0.3) is 0 Å². The van der Waals surface area contributed by atoms with Gasteiger partial charge in [0.1, 0.15) is 24.4 Å². The summed E-state index contributed by atoms with van der Waals surface area (Å²) in [6.45, 7) is 3.53. The highest BCUT2D eigenvalue weighted by Gasteiger charge is 2.48. The lowest BCUT2D eigenvalue weighted by atomic mass is 9.76. The maximum atomic E-state index is 14.0. The van der Waals surface area contributed by atoms with E-state index in [4.69, 9.17) is 28.4 Å². The van der Waals surface area contributed by atoms with E-state index in [1.807, 2.05) is 0 Å². The van der Waals surface area contributed by atoms with E-state index in [0.717, 1.165) is 11.8 Å². The lowest BCUT2D eigenvalue weighted by Crippen LogP contribution is -2.60. The zero-order valence-corrected chi connectivity index (χ0v) is 28.3. The molecule has 3 aliphatic rings. The second-order valence-corrected chi connectivity index (χ2v) is 12.3. The molecule has 2 aromatic rings. The van der Waals surface area contributed by atoms with Crippen LogP contribution < -0.4 is 9.47 Å². The summed E-state index contributed by atoms with van der Waals surface area (Å²) in [6.07, 6.45) is -3.00. The number of aliphatic hydroxyl groups excluding tert-OH is 4. The van der Waals surface area contributed by atoms with Crippen LogP contribution in [0.3, 0.4) is 0 Å². The fraction of sp³-hybridized carbons (Fsp3) is 0.444. The van der Waals surface area contributed by atoms with E-state index in [0.29, 0.717) is 17.5 Å². The third-order valence-corrected chi connectivity index (χ3v) is 9.50. The van der Waals surface area contributed by atoms with E-state index in [1.54, 1.807) is 29.2 Å². The Hall–Kier alpha value is -4.64. The van der Waals surface area contributed by atoms with Crippen molar-refractivity contribution in [3.63, 3.8) is 0 Å². The number of hydrogen-bond donors (Lipinski definition) is 6. The molecule has 3 aliphatic heterocycles. The molecule has 0 spiro atoms. The molecular weight excluding hydrogens is 670 g/mol. The van der Waals surface area contributed by atoms with Crippen molar-refractivity contribution in [2.75, 3.05) is 34.5 Å². The minimum absolute atomic E-state index is 0.0551. The fourth-order valence-corrected chi connectivity index (χ4v) is 6.73. The number of aromatic hydroxyl groups is 2. The van der Waals surface area contributed by atoms with Crippen LogP contribution in [0.25, 0.3) is 6.08 Å². The van der Waals surface area contributed by atoms with Gasteiger partial charge in [-0.05, 0) is 59.9 Å². The van der Waals surface area contributed by atoms with Gasteiger partial charge in [-0.3, -0.25) is 4.79 Å². The molecule has 0 radical (unpaired) electrons. The highest BCUT2D eigenvalue weighted by Crippen LogP contribution is 2.45. The van der Waals surface area contributed by atoms with Crippen LogP contribution in [0.5, 0.6) is 23.0 Å². The van der Waals surface area contributed by atoms with Crippen LogP contribution in [0.15, 0.2) is 60.9 Å². The summed E-state index contributed by atoms with van der Waals surface area (Å²) in [5.74, 6) is -2.45. The molecule has 9 atom stereocenters.